The predicted octanol–water partition coefficient (Wildman–Crippen LogP) is 1.63. The van der Waals surface area contributed by atoms with Crippen molar-refractivity contribution in [2.45, 2.75) is 25.9 Å². The SMILES string of the molecule is CC(O)C(C)c1ccc(N(C)C)nc1. The molecule has 0 aliphatic heterocycles. The quantitative estimate of drug-likeness (QED) is 0.794. The first-order valence-corrected chi connectivity index (χ1v) is 4.83. The van der Waals surface area contributed by atoms with Crippen molar-refractivity contribution >= 4 is 5.82 Å². The van der Waals surface area contributed by atoms with E-state index in [1.165, 1.54) is 0 Å². The van der Waals surface area contributed by atoms with Crippen LogP contribution in [-0.2, 0) is 0 Å². The van der Waals surface area contributed by atoms with Gasteiger partial charge in [-0.15, -0.1) is 0 Å². The number of hydrogen-bond donors (Lipinski definition) is 1. The molecule has 3 nitrogen and oxygen atoms in total. The highest BCUT2D eigenvalue weighted by Crippen LogP contribution is 2.19. The number of nitrogens with zero attached hydrogens (tertiary/aromatic N) is 2. The van der Waals surface area contributed by atoms with E-state index < -0.39 is 0 Å². The van der Waals surface area contributed by atoms with E-state index in [-0.39, 0.29) is 12.0 Å². The molecular formula is C11H18N2O. The predicted molar refractivity (Wildman–Crippen MR) is 58.7 cm³/mol. The molecule has 1 heterocycles. The summed E-state index contributed by atoms with van der Waals surface area (Å²) in [7, 11) is 3.92. The summed E-state index contributed by atoms with van der Waals surface area (Å²) < 4.78 is 0. The van der Waals surface area contributed by atoms with Crippen molar-refractivity contribution in [1.29, 1.82) is 0 Å². The van der Waals surface area contributed by atoms with E-state index >= 15 is 0 Å². The number of hydrogen-bond acceptors (Lipinski definition) is 3. The number of anilines is 1. The molecule has 0 aromatic carbocycles. The topological polar surface area (TPSA) is 36.4 Å². The summed E-state index contributed by atoms with van der Waals surface area (Å²) in [6.07, 6.45) is 1.49. The molecule has 0 aliphatic rings. The van der Waals surface area contributed by atoms with Gasteiger partial charge in [0.2, 0.25) is 0 Å². The van der Waals surface area contributed by atoms with Crippen LogP contribution in [-0.4, -0.2) is 30.3 Å². The van der Waals surface area contributed by atoms with Gasteiger partial charge in [0, 0.05) is 26.2 Å². The summed E-state index contributed by atoms with van der Waals surface area (Å²) in [4.78, 5) is 6.25. The van der Waals surface area contributed by atoms with Crippen LogP contribution in [0.2, 0.25) is 0 Å². The van der Waals surface area contributed by atoms with Gasteiger partial charge in [-0.2, -0.15) is 0 Å². The van der Waals surface area contributed by atoms with Crippen molar-refractivity contribution in [3.8, 4) is 0 Å². The highest BCUT2D eigenvalue weighted by Gasteiger charge is 2.11. The third-order valence-electron chi connectivity index (χ3n) is 2.48. The van der Waals surface area contributed by atoms with Crippen molar-refractivity contribution in [3.05, 3.63) is 23.9 Å². The molecule has 0 saturated carbocycles. The molecule has 3 heteroatoms. The van der Waals surface area contributed by atoms with Gasteiger partial charge >= 0.3 is 0 Å². The number of rotatable bonds is 3. The molecule has 14 heavy (non-hydrogen) atoms. The van der Waals surface area contributed by atoms with Gasteiger partial charge in [0.15, 0.2) is 0 Å². The number of aliphatic hydroxyl groups excluding tert-OH is 1. The normalized spacial score (nSPS) is 14.9. The highest BCUT2D eigenvalue weighted by atomic mass is 16.3. The summed E-state index contributed by atoms with van der Waals surface area (Å²) in [5.41, 5.74) is 1.07. The molecule has 1 rings (SSSR count). The lowest BCUT2D eigenvalue weighted by atomic mass is 9.98. The Bertz CT molecular complexity index is 280. The minimum Gasteiger partial charge on any atom is -0.393 e. The van der Waals surface area contributed by atoms with Gasteiger partial charge in [-0.25, -0.2) is 4.98 Å². The minimum absolute atomic E-state index is 0.138. The average Bonchev–Trinajstić information content (AvgIpc) is 2.16. The molecular weight excluding hydrogens is 176 g/mol. The molecule has 1 aromatic heterocycles. The second-order valence-electron chi connectivity index (χ2n) is 3.87. The summed E-state index contributed by atoms with van der Waals surface area (Å²) >= 11 is 0. The van der Waals surface area contributed by atoms with Crippen LogP contribution in [0.15, 0.2) is 18.3 Å². The summed E-state index contributed by atoms with van der Waals surface area (Å²) in [5.74, 6) is 1.07. The number of aliphatic hydroxyl groups is 1. The fraction of sp³-hybridized carbons (Fsp3) is 0.545. The molecule has 0 bridgehead atoms. The number of pyridine rings is 1. The molecule has 0 aliphatic carbocycles. The van der Waals surface area contributed by atoms with Gasteiger partial charge in [-0.1, -0.05) is 13.0 Å². The van der Waals surface area contributed by atoms with Crippen LogP contribution in [0.3, 0.4) is 0 Å². The molecule has 0 fully saturated rings. The van der Waals surface area contributed by atoms with Gasteiger partial charge in [-0.05, 0) is 18.6 Å². The maximum atomic E-state index is 9.41. The summed E-state index contributed by atoms with van der Waals surface area (Å²) in [6, 6.07) is 3.98. The Hall–Kier alpha value is -1.09. The monoisotopic (exact) mass is 194 g/mol. The van der Waals surface area contributed by atoms with Crippen LogP contribution in [0, 0.1) is 0 Å². The van der Waals surface area contributed by atoms with E-state index in [1.807, 2.05) is 44.2 Å². The van der Waals surface area contributed by atoms with Crippen molar-refractivity contribution in [2.75, 3.05) is 19.0 Å². The van der Waals surface area contributed by atoms with Crippen LogP contribution in [0.5, 0.6) is 0 Å². The maximum Gasteiger partial charge on any atom is 0.127 e. The van der Waals surface area contributed by atoms with Crippen LogP contribution in [0.1, 0.15) is 25.3 Å². The molecule has 2 unspecified atom stereocenters. The Labute approximate surface area is 85.4 Å². The molecule has 2 atom stereocenters. The molecule has 78 valence electrons. The highest BCUT2D eigenvalue weighted by molar-refractivity contribution is 5.37. The first kappa shape index (κ1) is 11.0. The molecule has 0 radical (unpaired) electrons. The third kappa shape index (κ3) is 2.45. The van der Waals surface area contributed by atoms with Crippen molar-refractivity contribution < 1.29 is 5.11 Å². The van der Waals surface area contributed by atoms with Crippen molar-refractivity contribution in [2.24, 2.45) is 0 Å². The van der Waals surface area contributed by atoms with E-state index in [1.54, 1.807) is 6.92 Å². The summed E-state index contributed by atoms with van der Waals surface area (Å²) in [6.45, 7) is 3.79. The zero-order valence-electron chi connectivity index (χ0n) is 9.23. The molecule has 1 N–H and O–H groups in total. The Morgan fingerprint density at radius 1 is 1.29 bits per heavy atom. The fourth-order valence-corrected chi connectivity index (χ4v) is 1.21. The van der Waals surface area contributed by atoms with Crippen LogP contribution < -0.4 is 4.90 Å². The zero-order valence-corrected chi connectivity index (χ0v) is 9.23. The Morgan fingerprint density at radius 3 is 2.29 bits per heavy atom. The molecule has 0 amide bonds. The lowest BCUT2D eigenvalue weighted by Gasteiger charge is -2.16. The molecule has 0 spiro atoms. The van der Waals surface area contributed by atoms with Crippen molar-refractivity contribution in [3.63, 3.8) is 0 Å². The second-order valence-corrected chi connectivity index (χ2v) is 3.87. The van der Waals surface area contributed by atoms with E-state index in [4.69, 9.17) is 0 Å². The Kier molecular flexibility index (Phi) is 3.47. The Morgan fingerprint density at radius 2 is 1.93 bits per heavy atom. The first-order valence-electron chi connectivity index (χ1n) is 4.83. The smallest absolute Gasteiger partial charge is 0.127 e. The fourth-order valence-electron chi connectivity index (χ4n) is 1.21. The second kappa shape index (κ2) is 4.42. The lowest BCUT2D eigenvalue weighted by molar-refractivity contribution is 0.169. The van der Waals surface area contributed by atoms with Gasteiger partial charge < -0.3 is 10.0 Å². The van der Waals surface area contributed by atoms with Gasteiger partial charge in [0.05, 0.1) is 6.10 Å². The standard InChI is InChI=1S/C11H18N2O/c1-8(9(2)14)10-5-6-11(12-7-10)13(3)4/h5-9,14H,1-4H3. The number of aromatic nitrogens is 1. The minimum atomic E-state index is -0.331. The van der Waals surface area contributed by atoms with Crippen LogP contribution >= 0.6 is 0 Å². The van der Waals surface area contributed by atoms with Crippen LogP contribution in [0.4, 0.5) is 5.82 Å². The third-order valence-corrected chi connectivity index (χ3v) is 2.48. The van der Waals surface area contributed by atoms with E-state index in [0.717, 1.165) is 11.4 Å². The first-order chi connectivity index (χ1) is 6.52. The van der Waals surface area contributed by atoms with E-state index in [2.05, 4.69) is 4.98 Å². The maximum absolute atomic E-state index is 9.41. The molecule has 1 aromatic rings. The van der Waals surface area contributed by atoms with Gasteiger partial charge in [0.25, 0.3) is 0 Å². The molecule has 0 saturated heterocycles. The van der Waals surface area contributed by atoms with Gasteiger partial charge in [0.1, 0.15) is 5.82 Å². The van der Waals surface area contributed by atoms with Crippen molar-refractivity contribution in [1.82, 2.24) is 4.98 Å². The average molecular weight is 194 g/mol. The summed E-state index contributed by atoms with van der Waals surface area (Å²) in [5, 5.41) is 9.41. The zero-order chi connectivity index (χ0) is 10.7. The van der Waals surface area contributed by atoms with Crippen LogP contribution in [0.25, 0.3) is 0 Å². The van der Waals surface area contributed by atoms with E-state index in [0.29, 0.717) is 0 Å². The largest absolute Gasteiger partial charge is 0.393 e. The van der Waals surface area contributed by atoms with E-state index in [9.17, 15) is 5.11 Å². The Balaban J connectivity index is 2.83. The van der Waals surface area contributed by atoms with Gasteiger partial charge in [-0.3, -0.25) is 0 Å². The lowest BCUT2D eigenvalue weighted by Crippen LogP contribution is -2.13.